The van der Waals surface area contributed by atoms with Crippen molar-refractivity contribution in [3.05, 3.63) is 83.7 Å². The number of hydrogen-bond acceptors (Lipinski definition) is 5. The molecule has 0 spiro atoms. The minimum absolute atomic E-state index is 0.574. The van der Waals surface area contributed by atoms with Crippen LogP contribution in [0.5, 0.6) is 17.2 Å². The van der Waals surface area contributed by atoms with Crippen LogP contribution in [0.3, 0.4) is 0 Å². The Morgan fingerprint density at radius 3 is 2.39 bits per heavy atom. The van der Waals surface area contributed by atoms with Crippen molar-refractivity contribution in [3.8, 4) is 28.6 Å². The van der Waals surface area contributed by atoms with Crippen LogP contribution >= 0.6 is 0 Å². The van der Waals surface area contributed by atoms with Crippen LogP contribution in [0.25, 0.3) is 22.3 Å². The summed E-state index contributed by atoms with van der Waals surface area (Å²) in [4.78, 5) is 4.90. The highest BCUT2D eigenvalue weighted by Gasteiger charge is 2.11. The molecule has 1 heterocycles. The zero-order valence-electron chi connectivity index (χ0n) is 17.9. The molecule has 0 radical (unpaired) electrons. The second-order valence-electron chi connectivity index (χ2n) is 6.96. The van der Waals surface area contributed by atoms with Gasteiger partial charge in [0.2, 0.25) is 0 Å². The van der Waals surface area contributed by atoms with E-state index in [1.54, 1.807) is 14.2 Å². The number of benzene rings is 3. The number of ether oxygens (including phenoxy) is 3. The molecule has 158 valence electrons. The van der Waals surface area contributed by atoms with Crippen molar-refractivity contribution < 1.29 is 18.6 Å². The molecule has 5 heteroatoms. The van der Waals surface area contributed by atoms with E-state index in [2.05, 4.69) is 12.1 Å². The van der Waals surface area contributed by atoms with E-state index in [4.69, 9.17) is 23.6 Å². The molecule has 0 unspecified atom stereocenters. The van der Waals surface area contributed by atoms with Gasteiger partial charge in [-0.3, -0.25) is 4.99 Å². The van der Waals surface area contributed by atoms with Gasteiger partial charge >= 0.3 is 0 Å². The van der Waals surface area contributed by atoms with E-state index in [0.29, 0.717) is 30.4 Å². The largest absolute Gasteiger partial charge is 0.494 e. The number of nitrogens with zero attached hydrogens (tertiary/aromatic N) is 1. The third-order valence-corrected chi connectivity index (χ3v) is 4.97. The predicted molar refractivity (Wildman–Crippen MR) is 122 cm³/mol. The minimum Gasteiger partial charge on any atom is -0.494 e. The molecule has 4 rings (SSSR count). The number of hydrogen-bond donors (Lipinski definition) is 0. The van der Waals surface area contributed by atoms with Crippen molar-refractivity contribution >= 4 is 11.0 Å². The SMILES string of the molecule is CCOc1ccc2oc(-c3ccc(OC)c(OC)c3)cc(=NCc3ccccc3)c2c1. The Bertz CT molecular complexity index is 1250. The van der Waals surface area contributed by atoms with Crippen LogP contribution in [0.4, 0.5) is 0 Å². The molecule has 3 aromatic carbocycles. The Morgan fingerprint density at radius 2 is 1.65 bits per heavy atom. The van der Waals surface area contributed by atoms with Gasteiger partial charge in [0.25, 0.3) is 0 Å². The van der Waals surface area contributed by atoms with Gasteiger partial charge < -0.3 is 18.6 Å². The van der Waals surface area contributed by atoms with E-state index in [0.717, 1.165) is 33.2 Å². The van der Waals surface area contributed by atoms with Crippen LogP contribution in [-0.2, 0) is 6.54 Å². The predicted octanol–water partition coefficient (Wildman–Crippen LogP) is 5.62. The summed E-state index contributed by atoms with van der Waals surface area (Å²) < 4.78 is 22.7. The lowest BCUT2D eigenvalue weighted by molar-refractivity contribution is 0.340. The molecule has 0 aliphatic heterocycles. The fourth-order valence-electron chi connectivity index (χ4n) is 3.43. The van der Waals surface area contributed by atoms with Crippen LogP contribution < -0.4 is 19.6 Å². The van der Waals surface area contributed by atoms with E-state index in [-0.39, 0.29) is 0 Å². The van der Waals surface area contributed by atoms with Gasteiger partial charge in [-0.25, -0.2) is 0 Å². The van der Waals surface area contributed by atoms with Gasteiger partial charge in [-0.1, -0.05) is 30.3 Å². The van der Waals surface area contributed by atoms with E-state index < -0.39 is 0 Å². The molecule has 0 atom stereocenters. The zero-order chi connectivity index (χ0) is 21.6. The first-order valence-electron chi connectivity index (χ1n) is 10.2. The molecular weight excluding hydrogens is 390 g/mol. The molecule has 0 saturated heterocycles. The average molecular weight is 415 g/mol. The summed E-state index contributed by atoms with van der Waals surface area (Å²) >= 11 is 0. The van der Waals surface area contributed by atoms with Gasteiger partial charge in [0, 0.05) is 17.0 Å². The molecule has 0 bridgehead atoms. The summed E-state index contributed by atoms with van der Waals surface area (Å²) in [6.07, 6.45) is 0. The van der Waals surface area contributed by atoms with Gasteiger partial charge in [0.1, 0.15) is 17.1 Å². The van der Waals surface area contributed by atoms with Crippen molar-refractivity contribution in [2.75, 3.05) is 20.8 Å². The summed E-state index contributed by atoms with van der Waals surface area (Å²) in [6.45, 7) is 3.14. The van der Waals surface area contributed by atoms with E-state index >= 15 is 0 Å². The highest BCUT2D eigenvalue weighted by molar-refractivity contribution is 5.80. The van der Waals surface area contributed by atoms with Crippen LogP contribution in [0.2, 0.25) is 0 Å². The summed E-state index contributed by atoms with van der Waals surface area (Å²) in [7, 11) is 3.24. The maximum atomic E-state index is 6.23. The van der Waals surface area contributed by atoms with Gasteiger partial charge in [-0.05, 0) is 48.9 Å². The van der Waals surface area contributed by atoms with E-state index in [1.807, 2.05) is 67.6 Å². The number of methoxy groups -OCH3 is 2. The number of fused-ring (bicyclic) bond motifs is 1. The molecular formula is C26H25NO4. The third kappa shape index (κ3) is 4.56. The van der Waals surface area contributed by atoms with Crippen molar-refractivity contribution in [1.29, 1.82) is 0 Å². The lowest BCUT2D eigenvalue weighted by Crippen LogP contribution is -2.05. The third-order valence-electron chi connectivity index (χ3n) is 4.97. The first-order chi connectivity index (χ1) is 15.2. The van der Waals surface area contributed by atoms with E-state index in [9.17, 15) is 0 Å². The molecule has 31 heavy (non-hydrogen) atoms. The normalized spacial score (nSPS) is 11.5. The molecule has 0 amide bonds. The highest BCUT2D eigenvalue weighted by atomic mass is 16.5. The minimum atomic E-state index is 0.574. The van der Waals surface area contributed by atoms with Gasteiger partial charge in [-0.15, -0.1) is 0 Å². The first-order valence-corrected chi connectivity index (χ1v) is 10.2. The van der Waals surface area contributed by atoms with Gasteiger partial charge in [0.15, 0.2) is 11.5 Å². The van der Waals surface area contributed by atoms with Crippen molar-refractivity contribution in [2.24, 2.45) is 4.99 Å². The van der Waals surface area contributed by atoms with E-state index in [1.165, 1.54) is 0 Å². The lowest BCUT2D eigenvalue weighted by atomic mass is 10.1. The quantitative estimate of drug-likeness (QED) is 0.393. The second kappa shape index (κ2) is 9.39. The Balaban J connectivity index is 1.87. The first kappa shape index (κ1) is 20.5. The molecule has 0 saturated carbocycles. The van der Waals surface area contributed by atoms with Crippen LogP contribution in [0, 0.1) is 0 Å². The molecule has 1 aromatic heterocycles. The molecule has 5 nitrogen and oxygen atoms in total. The summed E-state index contributed by atoms with van der Waals surface area (Å²) in [6, 6.07) is 23.7. The van der Waals surface area contributed by atoms with Crippen LogP contribution in [-0.4, -0.2) is 20.8 Å². The van der Waals surface area contributed by atoms with Crippen LogP contribution in [0.1, 0.15) is 12.5 Å². The van der Waals surface area contributed by atoms with Crippen molar-refractivity contribution in [3.63, 3.8) is 0 Å². The average Bonchev–Trinajstić information content (AvgIpc) is 2.82. The summed E-state index contributed by atoms with van der Waals surface area (Å²) in [5.74, 6) is 2.80. The highest BCUT2D eigenvalue weighted by Crippen LogP contribution is 2.33. The molecule has 0 N–H and O–H groups in total. The summed E-state index contributed by atoms with van der Waals surface area (Å²) in [5.41, 5.74) is 2.76. The Hall–Kier alpha value is -3.73. The molecule has 0 fully saturated rings. The summed E-state index contributed by atoms with van der Waals surface area (Å²) in [5, 5.41) is 1.75. The van der Waals surface area contributed by atoms with Crippen LogP contribution in [0.15, 0.2) is 82.2 Å². The van der Waals surface area contributed by atoms with Gasteiger partial charge in [-0.2, -0.15) is 0 Å². The second-order valence-corrected chi connectivity index (χ2v) is 6.96. The number of rotatable bonds is 7. The van der Waals surface area contributed by atoms with Crippen molar-refractivity contribution in [1.82, 2.24) is 0 Å². The Labute approximate surface area is 181 Å². The fraction of sp³-hybridized carbons (Fsp3) is 0.192. The monoisotopic (exact) mass is 415 g/mol. The smallest absolute Gasteiger partial charge is 0.161 e. The van der Waals surface area contributed by atoms with Gasteiger partial charge in [0.05, 0.1) is 32.7 Å². The maximum Gasteiger partial charge on any atom is 0.161 e. The Morgan fingerprint density at radius 1 is 0.839 bits per heavy atom. The molecule has 0 aliphatic rings. The fourth-order valence-corrected chi connectivity index (χ4v) is 3.43. The maximum absolute atomic E-state index is 6.23. The zero-order valence-corrected chi connectivity index (χ0v) is 17.9. The topological polar surface area (TPSA) is 53.2 Å². The molecule has 0 aliphatic carbocycles. The lowest BCUT2D eigenvalue weighted by Gasteiger charge is -2.11. The Kier molecular flexibility index (Phi) is 6.22. The van der Waals surface area contributed by atoms with Crippen molar-refractivity contribution in [2.45, 2.75) is 13.5 Å². The molecule has 4 aromatic rings. The standard InChI is InChI=1S/C26H25NO4/c1-4-30-20-11-13-23-21(15-20)22(27-17-18-8-6-5-7-9-18)16-25(31-23)19-10-12-24(28-2)26(14-19)29-3/h5-16H,4,17H2,1-3H3.